The molecule has 7 aromatic rings. The van der Waals surface area contributed by atoms with E-state index in [4.69, 9.17) is 0 Å². The standard InChI is InChI=1S/C26H19F2NOS.C21H15BrF2OS/c27-22-7-2-8-23(28)21(22)14-24(30)25-13-18-5-1-4-16-9-10-17(12-20(16)26(18)31-25)19-6-3-11-29-15-19;22-14-8-7-12-3-1-4-13-9-20(26-21(13)15(12)10-14)19(25)11-16-17(23)5-2-6-18(16)24/h2-3,6-13,15H,1,4-5,14H2;2,5-10H,1,3-4,11H2. The van der Waals surface area contributed by atoms with Gasteiger partial charge in [0.2, 0.25) is 0 Å². The van der Waals surface area contributed by atoms with Crippen LogP contribution in [-0.4, -0.2) is 16.6 Å². The fraction of sp³-hybridized carbons (Fsp3) is 0.170. The second kappa shape index (κ2) is 16.8. The number of nitrogens with zero attached hydrogens (tertiary/aromatic N) is 1. The van der Waals surface area contributed by atoms with Crippen molar-refractivity contribution in [3.8, 4) is 32.0 Å². The van der Waals surface area contributed by atoms with Crippen LogP contribution in [0, 0.1) is 23.3 Å². The maximum Gasteiger partial charge on any atom is 0.177 e. The molecule has 0 atom stereocenters. The van der Waals surface area contributed by atoms with Crippen LogP contribution in [0.15, 0.2) is 114 Å². The van der Waals surface area contributed by atoms with Gasteiger partial charge in [0.1, 0.15) is 23.3 Å². The van der Waals surface area contributed by atoms with Crippen LogP contribution in [0.1, 0.15) is 65.6 Å². The second-order valence-corrected chi connectivity index (χ2v) is 17.2. The van der Waals surface area contributed by atoms with Crippen molar-refractivity contribution in [3.63, 3.8) is 0 Å². The molecule has 3 nitrogen and oxygen atoms in total. The van der Waals surface area contributed by atoms with Crippen LogP contribution < -0.4 is 0 Å². The molecule has 0 N–H and O–H groups in total. The summed E-state index contributed by atoms with van der Waals surface area (Å²) >= 11 is 6.37. The minimum Gasteiger partial charge on any atom is -0.293 e. The van der Waals surface area contributed by atoms with E-state index in [0.29, 0.717) is 9.75 Å². The molecule has 9 rings (SSSR count). The molecule has 57 heavy (non-hydrogen) atoms. The summed E-state index contributed by atoms with van der Waals surface area (Å²) in [6.45, 7) is 0. The fourth-order valence-electron chi connectivity index (χ4n) is 7.49. The van der Waals surface area contributed by atoms with Gasteiger partial charge in [0, 0.05) is 56.2 Å². The van der Waals surface area contributed by atoms with E-state index >= 15 is 0 Å². The zero-order chi connectivity index (χ0) is 39.6. The Morgan fingerprint density at radius 2 is 1.05 bits per heavy atom. The van der Waals surface area contributed by atoms with E-state index in [2.05, 4.69) is 51.2 Å². The van der Waals surface area contributed by atoms with Crippen molar-refractivity contribution in [1.82, 2.24) is 4.98 Å². The van der Waals surface area contributed by atoms with Crippen molar-refractivity contribution in [2.45, 2.75) is 51.4 Å². The zero-order valence-electron chi connectivity index (χ0n) is 30.5. The van der Waals surface area contributed by atoms with E-state index in [1.807, 2.05) is 36.5 Å². The molecule has 3 heterocycles. The Kier molecular flexibility index (Phi) is 11.5. The number of carbonyl (C=O) groups excluding carboxylic acids is 2. The summed E-state index contributed by atoms with van der Waals surface area (Å²) in [5.41, 5.74) is 8.87. The zero-order valence-corrected chi connectivity index (χ0v) is 33.7. The Balaban J connectivity index is 0.000000162. The second-order valence-electron chi connectivity index (χ2n) is 14.2. The van der Waals surface area contributed by atoms with Crippen LogP contribution in [0.5, 0.6) is 0 Å². The van der Waals surface area contributed by atoms with Gasteiger partial charge in [0.25, 0.3) is 0 Å². The molecule has 0 unspecified atom stereocenters. The Bertz CT molecular complexity index is 2610. The summed E-state index contributed by atoms with van der Waals surface area (Å²) < 4.78 is 56.7. The lowest BCUT2D eigenvalue weighted by Gasteiger charge is -2.09. The molecule has 0 spiro atoms. The monoisotopic (exact) mass is 863 g/mol. The van der Waals surface area contributed by atoms with Crippen LogP contribution in [0.2, 0.25) is 0 Å². The maximum atomic E-state index is 14.0. The highest BCUT2D eigenvalue weighted by Crippen LogP contribution is 2.42. The van der Waals surface area contributed by atoms with Gasteiger partial charge < -0.3 is 0 Å². The number of halogens is 5. The highest BCUT2D eigenvalue weighted by atomic mass is 79.9. The summed E-state index contributed by atoms with van der Waals surface area (Å²) in [6.07, 6.45) is 8.84. The molecular weight excluding hydrogens is 831 g/mol. The van der Waals surface area contributed by atoms with Gasteiger partial charge in [0.15, 0.2) is 11.6 Å². The highest BCUT2D eigenvalue weighted by Gasteiger charge is 2.24. The number of fused-ring (bicyclic) bond motifs is 6. The van der Waals surface area contributed by atoms with Crippen LogP contribution in [0.3, 0.4) is 0 Å². The molecule has 0 radical (unpaired) electrons. The van der Waals surface area contributed by atoms with Crippen molar-refractivity contribution >= 4 is 50.2 Å². The molecule has 286 valence electrons. The number of benzene rings is 4. The van der Waals surface area contributed by atoms with E-state index < -0.39 is 23.3 Å². The van der Waals surface area contributed by atoms with Gasteiger partial charge in [-0.15, -0.1) is 22.7 Å². The number of rotatable bonds is 7. The summed E-state index contributed by atoms with van der Waals surface area (Å²) in [6, 6.07) is 27.8. The number of Topliss-reactive ketones (excluding diaryl/α,β-unsaturated/α-hetero) is 2. The normalized spacial score (nSPS) is 12.9. The Morgan fingerprint density at radius 3 is 1.56 bits per heavy atom. The molecular formula is C47H34BrF4NO2S2. The average Bonchev–Trinajstić information content (AvgIpc) is 3.75. The number of aromatic nitrogens is 1. The van der Waals surface area contributed by atoms with Gasteiger partial charge >= 0.3 is 0 Å². The number of carbonyl (C=O) groups is 2. The molecule has 0 bridgehead atoms. The van der Waals surface area contributed by atoms with Gasteiger partial charge in [-0.25, -0.2) is 17.6 Å². The molecule has 0 amide bonds. The molecule has 4 aromatic carbocycles. The predicted octanol–water partition coefficient (Wildman–Crippen LogP) is 13.0. The minimum absolute atomic E-state index is 0.163. The number of hydrogen-bond donors (Lipinski definition) is 0. The first kappa shape index (κ1) is 38.8. The summed E-state index contributed by atoms with van der Waals surface area (Å²) in [7, 11) is 0. The van der Waals surface area contributed by atoms with Crippen LogP contribution in [0.4, 0.5) is 17.6 Å². The number of ketones is 2. The SMILES string of the molecule is O=C(Cc1c(F)cccc1F)c1cc2c(s1)-c1cc(-c3cccnc3)ccc1CCC2.O=C(Cc1c(F)cccc1F)c1cc2c(s1)-c1cc(Br)ccc1CCC2. The quantitative estimate of drug-likeness (QED) is 0.118. The van der Waals surface area contributed by atoms with Crippen molar-refractivity contribution in [2.24, 2.45) is 0 Å². The number of pyridine rings is 1. The van der Waals surface area contributed by atoms with E-state index in [1.54, 1.807) is 6.20 Å². The molecule has 0 saturated carbocycles. The van der Waals surface area contributed by atoms with E-state index in [0.717, 1.165) is 86.1 Å². The van der Waals surface area contributed by atoms with Gasteiger partial charge in [-0.05, 0) is 138 Å². The molecule has 0 fully saturated rings. The molecule has 2 aliphatic rings. The third-order valence-corrected chi connectivity index (χ3v) is 13.4. The van der Waals surface area contributed by atoms with Crippen molar-refractivity contribution in [2.75, 3.05) is 0 Å². The van der Waals surface area contributed by atoms with Crippen molar-refractivity contribution in [3.05, 3.63) is 180 Å². The topological polar surface area (TPSA) is 47.0 Å². The smallest absolute Gasteiger partial charge is 0.177 e. The molecule has 2 aliphatic carbocycles. The first-order chi connectivity index (χ1) is 27.6. The van der Waals surface area contributed by atoms with Crippen LogP contribution >= 0.6 is 38.6 Å². The molecule has 3 aromatic heterocycles. The largest absolute Gasteiger partial charge is 0.293 e. The molecule has 0 aliphatic heterocycles. The lowest BCUT2D eigenvalue weighted by Crippen LogP contribution is -2.05. The first-order valence-electron chi connectivity index (χ1n) is 18.6. The Hall–Kier alpha value is -5.03. The number of aryl methyl sites for hydroxylation is 4. The minimum atomic E-state index is -0.682. The number of hydrogen-bond acceptors (Lipinski definition) is 5. The third-order valence-electron chi connectivity index (χ3n) is 10.4. The molecule has 10 heteroatoms. The molecule has 0 saturated heterocycles. The van der Waals surface area contributed by atoms with Gasteiger partial charge in [-0.2, -0.15) is 0 Å². The third kappa shape index (κ3) is 8.35. The Labute approximate surface area is 344 Å². The van der Waals surface area contributed by atoms with Crippen LogP contribution in [0.25, 0.3) is 32.0 Å². The Morgan fingerprint density at radius 1 is 0.561 bits per heavy atom. The van der Waals surface area contributed by atoms with Gasteiger partial charge in [0.05, 0.1) is 9.75 Å². The maximum absolute atomic E-state index is 14.0. The van der Waals surface area contributed by atoms with E-state index in [1.165, 1.54) is 70.2 Å². The lowest BCUT2D eigenvalue weighted by atomic mass is 9.98. The summed E-state index contributed by atoms with van der Waals surface area (Å²) in [5, 5.41) is 0. The number of thiophene rings is 2. The summed E-state index contributed by atoms with van der Waals surface area (Å²) in [5.74, 6) is -3.22. The van der Waals surface area contributed by atoms with Crippen molar-refractivity contribution in [1.29, 1.82) is 0 Å². The first-order valence-corrected chi connectivity index (χ1v) is 21.1. The average molecular weight is 865 g/mol. The van der Waals surface area contributed by atoms with E-state index in [-0.39, 0.29) is 35.5 Å². The van der Waals surface area contributed by atoms with Crippen LogP contribution in [-0.2, 0) is 38.5 Å². The van der Waals surface area contributed by atoms with Crippen molar-refractivity contribution < 1.29 is 27.2 Å². The van der Waals surface area contributed by atoms with E-state index in [9.17, 15) is 27.2 Å². The van der Waals surface area contributed by atoms with Gasteiger partial charge in [-0.1, -0.05) is 52.3 Å². The lowest BCUT2D eigenvalue weighted by molar-refractivity contribution is 0.0986. The predicted molar refractivity (Wildman–Crippen MR) is 223 cm³/mol. The fourth-order valence-corrected chi connectivity index (χ4v) is 10.3. The highest BCUT2D eigenvalue weighted by molar-refractivity contribution is 9.10. The summed E-state index contributed by atoms with van der Waals surface area (Å²) in [4.78, 5) is 33.1. The van der Waals surface area contributed by atoms with Gasteiger partial charge in [-0.3, -0.25) is 14.6 Å².